The summed E-state index contributed by atoms with van der Waals surface area (Å²) in [6.07, 6.45) is 4.64. The summed E-state index contributed by atoms with van der Waals surface area (Å²) in [5, 5.41) is 20.1. The molecule has 2 N–H and O–H groups in total. The van der Waals surface area contributed by atoms with Gasteiger partial charge in [-0.1, -0.05) is 34.1 Å². The van der Waals surface area contributed by atoms with Gasteiger partial charge in [0.15, 0.2) is 5.78 Å². The van der Waals surface area contributed by atoms with Crippen molar-refractivity contribution < 1.29 is 15.0 Å². The molecule has 1 aromatic rings. The molecule has 4 rings (SSSR count). The number of carbonyl (C=O) groups is 1. The summed E-state index contributed by atoms with van der Waals surface area (Å²) in [6, 6.07) is 4.36. The van der Waals surface area contributed by atoms with E-state index in [0.717, 1.165) is 45.6 Å². The van der Waals surface area contributed by atoms with Gasteiger partial charge in [0.25, 0.3) is 0 Å². The second-order valence-corrected chi connectivity index (χ2v) is 11.9. The molecule has 2 aliphatic carbocycles. The molecule has 5 atom stereocenters. The highest BCUT2D eigenvalue weighted by atomic mass is 16.3. The fraction of sp³-hybridized carbons (Fsp3) is 0.741. The molecule has 0 aromatic heterocycles. The van der Waals surface area contributed by atoms with Gasteiger partial charge >= 0.3 is 0 Å². The van der Waals surface area contributed by atoms with Gasteiger partial charge in [-0.05, 0) is 67.0 Å². The van der Waals surface area contributed by atoms with E-state index in [0.29, 0.717) is 17.4 Å². The van der Waals surface area contributed by atoms with Gasteiger partial charge < -0.3 is 20.0 Å². The number of hydrogen-bond donors (Lipinski definition) is 2. The van der Waals surface area contributed by atoms with E-state index in [1.165, 1.54) is 31.0 Å². The summed E-state index contributed by atoms with van der Waals surface area (Å²) >= 11 is 0. The Bertz CT molecular complexity index is 825. The zero-order chi connectivity index (χ0) is 23.3. The molecule has 3 aliphatic rings. The van der Waals surface area contributed by atoms with E-state index >= 15 is 0 Å². The Hall–Kier alpha value is -1.59. The number of likely N-dealkylation sites (N-methyl/N-ethyl adjacent to an activating group) is 1. The van der Waals surface area contributed by atoms with Crippen LogP contribution in [-0.4, -0.2) is 65.6 Å². The summed E-state index contributed by atoms with van der Waals surface area (Å²) in [7, 11) is 2.19. The zero-order valence-corrected chi connectivity index (χ0v) is 20.6. The summed E-state index contributed by atoms with van der Waals surface area (Å²) < 4.78 is 0. The lowest BCUT2D eigenvalue weighted by Crippen LogP contribution is -2.58. The Morgan fingerprint density at radius 2 is 1.66 bits per heavy atom. The highest BCUT2D eigenvalue weighted by Crippen LogP contribution is 2.63. The zero-order valence-electron chi connectivity index (χ0n) is 20.6. The quantitative estimate of drug-likeness (QED) is 0.666. The molecule has 0 radical (unpaired) electrons. The average molecular weight is 443 g/mol. The van der Waals surface area contributed by atoms with Crippen LogP contribution in [-0.2, 0) is 0 Å². The van der Waals surface area contributed by atoms with Crippen molar-refractivity contribution in [1.82, 2.24) is 9.80 Å². The van der Waals surface area contributed by atoms with Crippen molar-refractivity contribution in [2.75, 3.05) is 39.8 Å². The van der Waals surface area contributed by atoms with Gasteiger partial charge in [-0.15, -0.1) is 0 Å². The number of benzene rings is 1. The maximum absolute atomic E-state index is 14.0. The number of rotatable bonds is 4. The highest BCUT2D eigenvalue weighted by molar-refractivity contribution is 5.99. The van der Waals surface area contributed by atoms with Crippen LogP contribution in [0, 0.1) is 34.5 Å². The van der Waals surface area contributed by atoms with E-state index < -0.39 is 0 Å². The smallest absolute Gasteiger partial charge is 0.167 e. The van der Waals surface area contributed by atoms with Crippen LogP contribution in [0.15, 0.2) is 18.2 Å². The van der Waals surface area contributed by atoms with Crippen LogP contribution in [0.2, 0.25) is 0 Å². The molecular formula is C27H42N2O3. The predicted molar refractivity (Wildman–Crippen MR) is 128 cm³/mol. The highest BCUT2D eigenvalue weighted by Gasteiger charge is 2.58. The molecule has 2 saturated carbocycles. The second kappa shape index (κ2) is 8.64. The Morgan fingerprint density at radius 1 is 1.03 bits per heavy atom. The van der Waals surface area contributed by atoms with E-state index in [1.54, 1.807) is 0 Å². The van der Waals surface area contributed by atoms with Crippen LogP contribution in [0.3, 0.4) is 0 Å². The Kier molecular flexibility index (Phi) is 6.36. The number of piperazine rings is 1. The lowest BCUT2D eigenvalue weighted by Gasteiger charge is -2.61. The first-order chi connectivity index (χ1) is 15.0. The largest absolute Gasteiger partial charge is 0.508 e. The van der Waals surface area contributed by atoms with Crippen LogP contribution < -0.4 is 0 Å². The van der Waals surface area contributed by atoms with Crippen molar-refractivity contribution in [2.24, 2.45) is 34.5 Å². The molecule has 3 fully saturated rings. The SMILES string of the molecule is C[C@@H]1[C@@H](CN2CCN(C)CC2)C[C@H]2C(C)(C)CCC[C@]2(C)[C@H]1C(=O)c1cc(O)cc(O)c1. The number of phenolic OH excluding ortho intramolecular Hbond substituents is 2. The normalized spacial score (nSPS) is 35.9. The maximum atomic E-state index is 14.0. The van der Waals surface area contributed by atoms with Crippen molar-refractivity contribution in [3.05, 3.63) is 23.8 Å². The monoisotopic (exact) mass is 442 g/mol. The molecule has 1 aliphatic heterocycles. The number of Topliss-reactive ketones (excluding diaryl/α,β-unsaturated/α-hetero) is 1. The van der Waals surface area contributed by atoms with Crippen molar-refractivity contribution in [3.63, 3.8) is 0 Å². The number of hydrogen-bond acceptors (Lipinski definition) is 5. The number of aromatic hydroxyl groups is 2. The first-order valence-corrected chi connectivity index (χ1v) is 12.5. The van der Waals surface area contributed by atoms with Crippen molar-refractivity contribution >= 4 is 5.78 Å². The number of fused-ring (bicyclic) bond motifs is 1. The molecule has 5 nitrogen and oxygen atoms in total. The third kappa shape index (κ3) is 4.31. The van der Waals surface area contributed by atoms with E-state index in [4.69, 9.17) is 0 Å². The van der Waals surface area contributed by atoms with Crippen LogP contribution >= 0.6 is 0 Å². The number of nitrogens with zero attached hydrogens (tertiary/aromatic N) is 2. The van der Waals surface area contributed by atoms with E-state index in [1.807, 2.05) is 0 Å². The van der Waals surface area contributed by atoms with Gasteiger partial charge in [0.2, 0.25) is 0 Å². The summed E-state index contributed by atoms with van der Waals surface area (Å²) in [6.45, 7) is 14.9. The number of carbonyl (C=O) groups excluding carboxylic acids is 1. The van der Waals surface area contributed by atoms with Crippen LogP contribution in [0.25, 0.3) is 0 Å². The molecule has 5 heteroatoms. The molecule has 178 valence electrons. The molecule has 1 saturated heterocycles. The van der Waals surface area contributed by atoms with E-state index in [-0.39, 0.29) is 39.9 Å². The fourth-order valence-corrected chi connectivity index (χ4v) is 7.57. The Labute approximate surface area is 193 Å². The van der Waals surface area contributed by atoms with E-state index in [9.17, 15) is 15.0 Å². The molecule has 0 unspecified atom stereocenters. The predicted octanol–water partition coefficient (Wildman–Crippen LogP) is 4.63. The standard InChI is InChI=1S/C27H42N2O3/c1-18-20(17-29-11-9-28(5)10-12-29)15-23-26(2,3)7-6-8-27(23,4)24(18)25(32)19-13-21(30)16-22(31)14-19/h13-14,16,18,20,23-24,30-31H,6-12,15,17H2,1-5H3/t18-,20-,23+,24-,27+/m1/s1. The molecule has 1 heterocycles. The minimum atomic E-state index is -0.0977. The van der Waals surface area contributed by atoms with Crippen molar-refractivity contribution in [2.45, 2.75) is 53.4 Å². The van der Waals surface area contributed by atoms with E-state index in [2.05, 4.69) is 44.5 Å². The molecule has 32 heavy (non-hydrogen) atoms. The minimum absolute atomic E-state index is 0.0449. The molecule has 0 bridgehead atoms. The van der Waals surface area contributed by atoms with Crippen LogP contribution in [0.4, 0.5) is 0 Å². The van der Waals surface area contributed by atoms with Crippen LogP contribution in [0.5, 0.6) is 11.5 Å². The summed E-state index contributed by atoms with van der Waals surface area (Å²) in [5.74, 6) is 1.15. The second-order valence-electron chi connectivity index (χ2n) is 11.9. The first-order valence-electron chi connectivity index (χ1n) is 12.5. The number of phenols is 2. The van der Waals surface area contributed by atoms with Crippen molar-refractivity contribution in [3.8, 4) is 11.5 Å². The van der Waals surface area contributed by atoms with Gasteiger partial charge in [0.1, 0.15) is 11.5 Å². The average Bonchev–Trinajstić information content (AvgIpc) is 2.70. The van der Waals surface area contributed by atoms with Gasteiger partial charge in [-0.2, -0.15) is 0 Å². The Morgan fingerprint density at radius 3 is 2.28 bits per heavy atom. The summed E-state index contributed by atoms with van der Waals surface area (Å²) in [4.78, 5) is 19.0. The Balaban J connectivity index is 1.68. The van der Waals surface area contributed by atoms with Gasteiger partial charge in [-0.3, -0.25) is 4.79 Å². The van der Waals surface area contributed by atoms with Gasteiger partial charge in [-0.25, -0.2) is 0 Å². The van der Waals surface area contributed by atoms with Crippen molar-refractivity contribution in [1.29, 1.82) is 0 Å². The minimum Gasteiger partial charge on any atom is -0.508 e. The molecule has 0 amide bonds. The van der Waals surface area contributed by atoms with Gasteiger partial charge in [0.05, 0.1) is 0 Å². The summed E-state index contributed by atoms with van der Waals surface area (Å²) in [5.41, 5.74) is 0.605. The third-order valence-electron chi connectivity index (χ3n) is 9.35. The lowest BCUT2D eigenvalue weighted by atomic mass is 9.44. The lowest BCUT2D eigenvalue weighted by molar-refractivity contribution is -0.107. The fourth-order valence-electron chi connectivity index (χ4n) is 7.57. The third-order valence-corrected chi connectivity index (χ3v) is 9.35. The molecular weight excluding hydrogens is 400 g/mol. The van der Waals surface area contributed by atoms with Gasteiger partial charge in [0, 0.05) is 50.3 Å². The first kappa shape index (κ1) is 23.6. The maximum Gasteiger partial charge on any atom is 0.167 e. The van der Waals surface area contributed by atoms with Crippen LogP contribution in [0.1, 0.15) is 63.7 Å². The molecule has 0 spiro atoms. The molecule has 1 aromatic carbocycles. The number of ketones is 1. The topological polar surface area (TPSA) is 64.0 Å².